The zero-order valence-electron chi connectivity index (χ0n) is 26.3. The lowest BCUT2D eigenvalue weighted by Crippen LogP contribution is -2.32. The summed E-state index contributed by atoms with van der Waals surface area (Å²) in [6.07, 6.45) is -1.34. The van der Waals surface area contributed by atoms with E-state index in [1.165, 1.54) is 0 Å². The lowest BCUT2D eigenvalue weighted by atomic mass is 10.1. The van der Waals surface area contributed by atoms with Gasteiger partial charge in [-0.05, 0) is 62.4 Å². The maximum absolute atomic E-state index is 13.2. The summed E-state index contributed by atoms with van der Waals surface area (Å²) >= 11 is 0. The molecule has 0 amide bonds. The fraction of sp³-hybridized carbons (Fsp3) is 0.263. The lowest BCUT2D eigenvalue weighted by molar-refractivity contribution is -0.0552. The number of ether oxygens (including phenoxy) is 3. The van der Waals surface area contributed by atoms with Crippen LogP contribution in [0, 0.1) is 25.3 Å². The highest BCUT2D eigenvalue weighted by molar-refractivity contribution is 6.83. The molecule has 1 saturated heterocycles. The third kappa shape index (κ3) is 6.73. The molecule has 3 atom stereocenters. The molecule has 6 nitrogen and oxygen atoms in total. The van der Waals surface area contributed by atoms with E-state index >= 15 is 0 Å². The molecule has 228 valence electrons. The van der Waals surface area contributed by atoms with Crippen LogP contribution in [0.4, 0.5) is 0 Å². The molecule has 0 bridgehead atoms. The van der Waals surface area contributed by atoms with Crippen LogP contribution in [0.2, 0.25) is 19.6 Å². The van der Waals surface area contributed by atoms with Crippen molar-refractivity contribution < 1.29 is 23.8 Å². The number of carbonyl (C=O) groups excluding carboxylic acids is 2. The molecular formula is C38H37NO5Si. The van der Waals surface area contributed by atoms with E-state index in [1.54, 1.807) is 24.3 Å². The summed E-state index contributed by atoms with van der Waals surface area (Å²) in [5.41, 5.74) is 9.48. The van der Waals surface area contributed by atoms with Gasteiger partial charge in [0.05, 0.1) is 22.2 Å². The average molecular weight is 616 g/mol. The van der Waals surface area contributed by atoms with Crippen LogP contribution in [0.3, 0.4) is 0 Å². The normalized spacial score (nSPS) is 18.0. The van der Waals surface area contributed by atoms with Gasteiger partial charge in [0.15, 0.2) is 0 Å². The van der Waals surface area contributed by atoms with Gasteiger partial charge in [0.2, 0.25) is 0 Å². The van der Waals surface area contributed by atoms with Crippen molar-refractivity contribution in [1.82, 2.24) is 4.57 Å². The Morgan fingerprint density at radius 1 is 0.822 bits per heavy atom. The van der Waals surface area contributed by atoms with Crippen LogP contribution < -0.4 is 0 Å². The molecule has 45 heavy (non-hydrogen) atoms. The predicted molar refractivity (Wildman–Crippen MR) is 180 cm³/mol. The highest BCUT2D eigenvalue weighted by Gasteiger charge is 2.41. The summed E-state index contributed by atoms with van der Waals surface area (Å²) in [5.74, 6) is 2.50. The molecule has 0 spiro atoms. The molecule has 0 unspecified atom stereocenters. The minimum absolute atomic E-state index is 0.0530. The third-order valence-corrected chi connectivity index (χ3v) is 8.85. The van der Waals surface area contributed by atoms with Crippen LogP contribution in [0.25, 0.3) is 21.8 Å². The van der Waals surface area contributed by atoms with E-state index in [1.807, 2.05) is 50.2 Å². The maximum Gasteiger partial charge on any atom is 0.338 e. The van der Waals surface area contributed by atoms with Gasteiger partial charge in [-0.1, -0.05) is 79.2 Å². The van der Waals surface area contributed by atoms with Crippen LogP contribution >= 0.6 is 0 Å². The number of nitrogens with zero attached hydrogens (tertiary/aromatic N) is 1. The van der Waals surface area contributed by atoms with Gasteiger partial charge < -0.3 is 18.8 Å². The van der Waals surface area contributed by atoms with E-state index < -0.39 is 38.4 Å². The number of fused-ring (bicyclic) bond motifs is 3. The smallest absolute Gasteiger partial charge is 0.338 e. The van der Waals surface area contributed by atoms with Crippen molar-refractivity contribution in [3.05, 3.63) is 119 Å². The Morgan fingerprint density at radius 3 is 2.11 bits per heavy atom. The van der Waals surface area contributed by atoms with Crippen LogP contribution in [-0.4, -0.2) is 43.4 Å². The Balaban J connectivity index is 1.33. The summed E-state index contributed by atoms with van der Waals surface area (Å²) in [4.78, 5) is 26.1. The third-order valence-electron chi connectivity index (χ3n) is 7.97. The number of para-hydroxylation sites is 1. The predicted octanol–water partition coefficient (Wildman–Crippen LogP) is 8.01. The number of hydrogen-bond acceptors (Lipinski definition) is 5. The minimum atomic E-state index is -1.54. The first-order chi connectivity index (χ1) is 21.6. The van der Waals surface area contributed by atoms with E-state index in [9.17, 15) is 9.59 Å². The van der Waals surface area contributed by atoms with Crippen molar-refractivity contribution in [1.29, 1.82) is 0 Å². The Labute approximate surface area is 264 Å². The second-order valence-corrected chi connectivity index (χ2v) is 17.5. The number of aryl methyl sites for hydroxylation is 2. The SMILES string of the molecule is Cc1ccc(C(=O)OC[C@H]2O[C@@H](n3c4ccccc4c4cc(C#C[Si](C)(C)C)ccc43)C[C@@H]2OC(=O)c2ccc(C)cc2)cc1. The highest BCUT2D eigenvalue weighted by atomic mass is 28.3. The number of carbonyl (C=O) groups is 2. The van der Waals surface area contributed by atoms with Crippen molar-refractivity contribution in [3.63, 3.8) is 0 Å². The highest BCUT2D eigenvalue weighted by Crippen LogP contribution is 2.39. The second kappa shape index (κ2) is 12.4. The zero-order valence-corrected chi connectivity index (χ0v) is 27.3. The van der Waals surface area contributed by atoms with Gasteiger partial charge in [-0.3, -0.25) is 0 Å². The molecule has 1 aliphatic rings. The monoisotopic (exact) mass is 615 g/mol. The molecule has 0 N–H and O–H groups in total. The molecule has 6 rings (SSSR count). The van der Waals surface area contributed by atoms with Crippen LogP contribution in [-0.2, 0) is 14.2 Å². The van der Waals surface area contributed by atoms with Gasteiger partial charge in [-0.25, -0.2) is 9.59 Å². The van der Waals surface area contributed by atoms with Crippen molar-refractivity contribution in [2.45, 2.75) is 58.3 Å². The van der Waals surface area contributed by atoms with Crippen LogP contribution in [0.15, 0.2) is 91.0 Å². The fourth-order valence-electron chi connectivity index (χ4n) is 5.61. The van der Waals surface area contributed by atoms with Crippen molar-refractivity contribution >= 4 is 41.8 Å². The summed E-state index contributed by atoms with van der Waals surface area (Å²) < 4.78 is 20.5. The zero-order chi connectivity index (χ0) is 31.7. The molecule has 5 aromatic rings. The van der Waals surface area contributed by atoms with E-state index in [4.69, 9.17) is 14.2 Å². The van der Waals surface area contributed by atoms with Crippen LogP contribution in [0.1, 0.15) is 50.1 Å². The standard InChI is InChI=1S/C38H37NO5Si/c1-25-10-15-28(16-11-25)37(40)42-24-35-34(44-38(41)29-17-12-26(2)13-18-29)23-36(43-35)39-32-9-7-6-8-30(32)31-22-27(14-19-33(31)39)20-21-45(3,4)5/h6-19,22,34-36H,23-24H2,1-5H3/t34-,35+,36+/m0/s1. The topological polar surface area (TPSA) is 66.8 Å². The molecule has 1 aliphatic heterocycles. The quantitative estimate of drug-likeness (QED) is 0.110. The van der Waals surface area contributed by atoms with Crippen molar-refractivity contribution in [2.24, 2.45) is 0 Å². The molecule has 0 saturated carbocycles. The number of rotatable bonds is 6. The minimum Gasteiger partial charge on any atom is -0.459 e. The van der Waals surface area contributed by atoms with Gasteiger partial charge >= 0.3 is 11.9 Å². The van der Waals surface area contributed by atoms with E-state index in [0.717, 1.165) is 38.5 Å². The summed E-state index contributed by atoms with van der Waals surface area (Å²) in [7, 11) is -1.54. The summed E-state index contributed by atoms with van der Waals surface area (Å²) in [5, 5.41) is 2.18. The molecule has 1 aromatic heterocycles. The van der Waals surface area contributed by atoms with E-state index in [0.29, 0.717) is 17.5 Å². The molecule has 0 aliphatic carbocycles. The number of benzene rings is 4. The first-order valence-electron chi connectivity index (χ1n) is 15.3. The van der Waals surface area contributed by atoms with Gasteiger partial charge in [-0.2, -0.15) is 0 Å². The van der Waals surface area contributed by atoms with Crippen molar-refractivity contribution in [2.75, 3.05) is 6.61 Å². The maximum atomic E-state index is 13.2. The number of aromatic nitrogens is 1. The number of hydrogen-bond donors (Lipinski definition) is 0. The van der Waals surface area contributed by atoms with Gasteiger partial charge in [-0.15, -0.1) is 5.54 Å². The van der Waals surface area contributed by atoms with Gasteiger partial charge in [0.25, 0.3) is 0 Å². The van der Waals surface area contributed by atoms with Gasteiger partial charge in [0.1, 0.15) is 33.1 Å². The average Bonchev–Trinajstić information content (AvgIpc) is 3.56. The molecule has 0 radical (unpaired) electrons. The van der Waals surface area contributed by atoms with Crippen LogP contribution in [0.5, 0.6) is 0 Å². The largest absolute Gasteiger partial charge is 0.459 e. The van der Waals surface area contributed by atoms with E-state index in [-0.39, 0.29) is 6.61 Å². The van der Waals surface area contributed by atoms with Gasteiger partial charge in [0, 0.05) is 22.8 Å². The Morgan fingerprint density at radius 2 is 1.44 bits per heavy atom. The first kappa shape index (κ1) is 30.4. The molecule has 1 fully saturated rings. The second-order valence-electron chi connectivity index (χ2n) is 12.8. The first-order valence-corrected chi connectivity index (χ1v) is 18.8. The number of esters is 2. The Kier molecular flexibility index (Phi) is 8.37. The summed E-state index contributed by atoms with van der Waals surface area (Å²) in [6.45, 7) is 10.6. The molecular weight excluding hydrogens is 579 g/mol. The van der Waals surface area contributed by atoms with E-state index in [2.05, 4.69) is 66.0 Å². The Bertz CT molecular complexity index is 1940. The van der Waals surface area contributed by atoms with Crippen molar-refractivity contribution in [3.8, 4) is 11.5 Å². The fourth-order valence-corrected chi connectivity index (χ4v) is 6.13. The summed E-state index contributed by atoms with van der Waals surface area (Å²) in [6, 6.07) is 29.0. The molecule has 7 heteroatoms. The molecule has 2 heterocycles. The Hall–Kier alpha value is -4.64. The molecule has 4 aromatic carbocycles. The lowest BCUT2D eigenvalue weighted by Gasteiger charge is -2.19.